The molecule has 3 aliphatic carbocycles. The molecule has 0 N–H and O–H groups in total. The van der Waals surface area contributed by atoms with Gasteiger partial charge in [-0.3, -0.25) is 0 Å². The Labute approximate surface area is 398 Å². The van der Waals surface area contributed by atoms with Crippen LogP contribution >= 0.6 is 0 Å². The van der Waals surface area contributed by atoms with Crippen molar-refractivity contribution < 1.29 is 0 Å². The standard InChI is InChI=1S/C66H50N2/c1-3-18-51(19-4-1)66(52-20-5-2-6-21-52)58-42-44(26-36-55(58)56-39-35-53(43-59(56)66)67-41-13-17-46-14-7-10-22-60(46)67)25-27-45-28-31-49-33-38-57-63(40-34-50-32-37-54(45)64(49)65(50)57)68-61-23-11-8-15-47(61)29-30-48-16-9-12-24-62(48)68/h1-12,14-16,18-40,42,47,53,61H,13,17,41,43H2/b27-25+. The van der Waals surface area contributed by atoms with Crippen molar-refractivity contribution >= 4 is 73.2 Å². The van der Waals surface area contributed by atoms with Crippen LogP contribution in [0.5, 0.6) is 0 Å². The Morgan fingerprint density at radius 1 is 0.544 bits per heavy atom. The van der Waals surface area contributed by atoms with Crippen molar-refractivity contribution in [1.29, 1.82) is 0 Å². The first kappa shape index (κ1) is 39.2. The number of hydrogen-bond acceptors (Lipinski definition) is 2. The molecule has 324 valence electrons. The number of aryl methyl sites for hydroxylation is 1. The van der Waals surface area contributed by atoms with Gasteiger partial charge in [-0.1, -0.05) is 212 Å². The van der Waals surface area contributed by atoms with Crippen LogP contribution in [0.2, 0.25) is 0 Å². The van der Waals surface area contributed by atoms with Crippen LogP contribution in [0.1, 0.15) is 57.3 Å². The Kier molecular flexibility index (Phi) is 8.99. The molecule has 2 heterocycles. The Balaban J connectivity index is 0.888. The van der Waals surface area contributed by atoms with Crippen LogP contribution in [0.15, 0.2) is 224 Å². The highest BCUT2D eigenvalue weighted by atomic mass is 15.2. The first-order valence-corrected chi connectivity index (χ1v) is 24.5. The SMILES string of the molecule is C1=CC2C=Cc3ccccc3N(c3ccc4ccc5c(/C=C/c6ccc7c(c6)C(c6ccccc6)(c6ccccc6)C6=C7C=CC(N7CCCc8ccccc87)C6)ccc6ccc3c4c65)C2C=C1. The summed E-state index contributed by atoms with van der Waals surface area (Å²) in [6.07, 6.45) is 26.7. The van der Waals surface area contributed by atoms with Crippen molar-refractivity contribution in [2.24, 2.45) is 5.92 Å². The number of fused-ring (bicyclic) bond motifs is 5. The number of benzene rings is 9. The van der Waals surface area contributed by atoms with Gasteiger partial charge in [-0.05, 0) is 126 Å². The molecule has 0 fully saturated rings. The molecule has 9 aromatic carbocycles. The predicted molar refractivity (Wildman–Crippen MR) is 288 cm³/mol. The molecule has 3 unspecified atom stereocenters. The van der Waals surface area contributed by atoms with Gasteiger partial charge < -0.3 is 9.80 Å². The van der Waals surface area contributed by atoms with E-state index in [1.54, 1.807) is 0 Å². The van der Waals surface area contributed by atoms with E-state index in [1.165, 1.54) is 111 Å². The zero-order chi connectivity index (χ0) is 44.8. The van der Waals surface area contributed by atoms with Crippen LogP contribution < -0.4 is 9.80 Å². The first-order chi connectivity index (χ1) is 33.7. The fourth-order valence-electron chi connectivity index (χ4n) is 12.9. The predicted octanol–water partition coefficient (Wildman–Crippen LogP) is 15.9. The summed E-state index contributed by atoms with van der Waals surface area (Å²) in [6.45, 7) is 1.07. The Bertz CT molecular complexity index is 3620. The highest BCUT2D eigenvalue weighted by Gasteiger charge is 2.49. The van der Waals surface area contributed by atoms with Gasteiger partial charge in [-0.25, -0.2) is 0 Å². The van der Waals surface area contributed by atoms with Gasteiger partial charge in [0.1, 0.15) is 0 Å². The molecule has 5 aliphatic rings. The highest BCUT2D eigenvalue weighted by Crippen LogP contribution is 2.58. The van der Waals surface area contributed by atoms with Crippen molar-refractivity contribution in [2.45, 2.75) is 36.8 Å². The van der Waals surface area contributed by atoms with Gasteiger partial charge in [0.25, 0.3) is 0 Å². The van der Waals surface area contributed by atoms with Crippen molar-refractivity contribution in [3.05, 3.63) is 269 Å². The molecule has 2 nitrogen and oxygen atoms in total. The van der Waals surface area contributed by atoms with E-state index >= 15 is 0 Å². The van der Waals surface area contributed by atoms with Gasteiger partial charge in [-0.15, -0.1) is 0 Å². The summed E-state index contributed by atoms with van der Waals surface area (Å²) >= 11 is 0. The van der Waals surface area contributed by atoms with E-state index in [4.69, 9.17) is 0 Å². The van der Waals surface area contributed by atoms with Gasteiger partial charge in [0, 0.05) is 34.9 Å². The van der Waals surface area contributed by atoms with Crippen molar-refractivity contribution in [1.82, 2.24) is 0 Å². The zero-order valence-corrected chi connectivity index (χ0v) is 38.0. The minimum absolute atomic E-state index is 0.178. The van der Waals surface area contributed by atoms with Gasteiger partial charge in [-0.2, -0.15) is 0 Å². The van der Waals surface area contributed by atoms with Gasteiger partial charge >= 0.3 is 0 Å². The maximum absolute atomic E-state index is 2.68. The van der Waals surface area contributed by atoms with Crippen molar-refractivity contribution in [3.8, 4) is 0 Å². The lowest BCUT2D eigenvalue weighted by atomic mass is 9.65. The van der Waals surface area contributed by atoms with Gasteiger partial charge in [0.05, 0.1) is 17.5 Å². The van der Waals surface area contributed by atoms with E-state index in [9.17, 15) is 0 Å². The maximum Gasteiger partial charge on any atom is 0.0677 e. The Morgan fingerprint density at radius 2 is 1.25 bits per heavy atom. The number of hydrogen-bond donors (Lipinski definition) is 0. The molecule has 0 saturated carbocycles. The van der Waals surface area contributed by atoms with Crippen LogP contribution in [0.25, 0.3) is 56.1 Å². The van der Waals surface area contributed by atoms with E-state index in [0.29, 0.717) is 0 Å². The second-order valence-electron chi connectivity index (χ2n) is 19.4. The quantitative estimate of drug-likeness (QED) is 0.121. The molecule has 0 aromatic heterocycles. The number of anilines is 3. The summed E-state index contributed by atoms with van der Waals surface area (Å²) in [5.41, 5.74) is 16.8. The fourth-order valence-corrected chi connectivity index (χ4v) is 12.9. The van der Waals surface area contributed by atoms with Crippen molar-refractivity contribution in [3.63, 3.8) is 0 Å². The maximum atomic E-state index is 2.68. The minimum atomic E-state index is -0.437. The second-order valence-corrected chi connectivity index (χ2v) is 19.4. The third-order valence-corrected chi connectivity index (χ3v) is 15.9. The molecular weight excluding hydrogens is 821 g/mol. The van der Waals surface area contributed by atoms with E-state index in [1.807, 2.05) is 0 Å². The smallest absolute Gasteiger partial charge is 0.0677 e. The van der Waals surface area contributed by atoms with Crippen LogP contribution in [-0.4, -0.2) is 18.6 Å². The normalized spacial score (nSPS) is 20.0. The Hall–Kier alpha value is -7.94. The molecule has 0 saturated heterocycles. The molecular formula is C66H50N2. The molecule has 0 bridgehead atoms. The Morgan fingerprint density at radius 3 is 2.09 bits per heavy atom. The number of allylic oxidation sites excluding steroid dienone is 4. The topological polar surface area (TPSA) is 6.48 Å². The fraction of sp³-hybridized carbons (Fsp3) is 0.121. The molecule has 3 atom stereocenters. The lowest BCUT2D eigenvalue weighted by molar-refractivity contribution is 0.590. The molecule has 68 heavy (non-hydrogen) atoms. The lowest BCUT2D eigenvalue weighted by Gasteiger charge is -2.42. The van der Waals surface area contributed by atoms with Gasteiger partial charge in [0.15, 0.2) is 0 Å². The second kappa shape index (κ2) is 15.6. The molecule has 0 spiro atoms. The van der Waals surface area contributed by atoms with Crippen LogP contribution in [0.3, 0.4) is 0 Å². The van der Waals surface area contributed by atoms with Crippen LogP contribution in [0.4, 0.5) is 17.1 Å². The third-order valence-electron chi connectivity index (χ3n) is 15.9. The molecule has 14 rings (SSSR count). The minimum Gasteiger partial charge on any atom is -0.365 e. The summed E-state index contributed by atoms with van der Waals surface area (Å²) < 4.78 is 0. The highest BCUT2D eigenvalue weighted by molar-refractivity contribution is 6.26. The summed E-state index contributed by atoms with van der Waals surface area (Å²) in [5.74, 6) is 0.278. The first-order valence-electron chi connectivity index (χ1n) is 24.5. The number of rotatable bonds is 6. The van der Waals surface area contributed by atoms with E-state index in [0.717, 1.165) is 19.4 Å². The van der Waals surface area contributed by atoms with E-state index < -0.39 is 5.41 Å². The van der Waals surface area contributed by atoms with E-state index in [2.05, 4.69) is 246 Å². The average Bonchev–Trinajstić information content (AvgIpc) is 3.58. The van der Waals surface area contributed by atoms with Gasteiger partial charge in [0.2, 0.25) is 0 Å². The van der Waals surface area contributed by atoms with Crippen LogP contribution in [0, 0.1) is 5.92 Å². The number of para-hydroxylation sites is 2. The molecule has 0 radical (unpaired) electrons. The van der Waals surface area contributed by atoms with Crippen LogP contribution in [-0.2, 0) is 11.8 Å². The van der Waals surface area contributed by atoms with Crippen molar-refractivity contribution in [2.75, 3.05) is 16.3 Å². The monoisotopic (exact) mass is 870 g/mol. The summed E-state index contributed by atoms with van der Waals surface area (Å²) in [4.78, 5) is 5.27. The molecule has 9 aromatic rings. The average molecular weight is 871 g/mol. The molecule has 2 aliphatic heterocycles. The largest absolute Gasteiger partial charge is 0.365 e. The number of nitrogens with zero attached hydrogens (tertiary/aromatic N) is 2. The molecule has 2 heteroatoms. The summed E-state index contributed by atoms with van der Waals surface area (Å²) in [7, 11) is 0. The zero-order valence-electron chi connectivity index (χ0n) is 38.0. The summed E-state index contributed by atoms with van der Waals surface area (Å²) in [5, 5.41) is 7.77. The lowest BCUT2D eigenvalue weighted by Crippen LogP contribution is -2.41. The third kappa shape index (κ3) is 5.90. The molecule has 0 amide bonds. The van der Waals surface area contributed by atoms with E-state index in [-0.39, 0.29) is 18.0 Å². The summed E-state index contributed by atoms with van der Waals surface area (Å²) in [6, 6.07) is 67.0.